The van der Waals surface area contributed by atoms with Gasteiger partial charge in [-0.15, -0.1) is 0 Å². The van der Waals surface area contributed by atoms with Gasteiger partial charge in [0.25, 0.3) is 0 Å². The Labute approximate surface area is 171 Å². The highest BCUT2D eigenvalue weighted by atomic mass is 31.2. The van der Waals surface area contributed by atoms with Crippen LogP contribution in [0.3, 0.4) is 0 Å². The second-order valence-electron chi connectivity index (χ2n) is 8.09. The zero-order chi connectivity index (χ0) is 21.9. The number of rotatable bonds is 9. The quantitative estimate of drug-likeness (QED) is 0.516. The Morgan fingerprint density at radius 1 is 1.21 bits per heavy atom. The molecule has 0 aromatic carbocycles. The minimum atomic E-state index is -5.03. The van der Waals surface area contributed by atoms with Crippen LogP contribution in [-0.2, 0) is 37.4 Å². The lowest BCUT2D eigenvalue weighted by atomic mass is 10.1. The second-order valence-corrected chi connectivity index (χ2v) is 9.38. The first-order valence-electron chi connectivity index (χ1n) is 9.96. The molecular weight excluding hydrogens is 405 g/mol. The summed E-state index contributed by atoms with van der Waals surface area (Å²) in [5, 5.41) is 0. The fraction of sp³-hybridized carbons (Fsp3) is 0.944. The van der Waals surface area contributed by atoms with Crippen LogP contribution >= 0.6 is 7.82 Å². The van der Waals surface area contributed by atoms with Crippen LogP contribution in [0.5, 0.6) is 0 Å². The molecule has 0 bridgehead atoms. The molecule has 2 fully saturated rings. The summed E-state index contributed by atoms with van der Waals surface area (Å²) in [5.74, 6) is -1.08. The van der Waals surface area contributed by atoms with Crippen LogP contribution in [0.1, 0.15) is 48.0 Å². The number of phosphoric acid groups is 1. The monoisotopic (exact) mass is 438 g/mol. The second kappa shape index (κ2) is 10.2. The largest absolute Gasteiger partial charge is 0.746 e. The van der Waals surface area contributed by atoms with Crippen LogP contribution in [0.25, 0.3) is 0 Å². The Morgan fingerprint density at radius 3 is 2.45 bits per heavy atom. The molecule has 2 N–H and O–H groups in total. The highest BCUT2D eigenvalue weighted by molar-refractivity contribution is 7.46. The van der Waals surface area contributed by atoms with E-state index in [-0.39, 0.29) is 24.9 Å². The molecule has 0 aromatic heterocycles. The molecule has 2 heterocycles. The van der Waals surface area contributed by atoms with E-state index in [1.165, 1.54) is 0 Å². The lowest BCUT2D eigenvalue weighted by Gasteiger charge is -2.30. The summed E-state index contributed by atoms with van der Waals surface area (Å²) in [6, 6.07) is -0.725. The molecule has 2 aliphatic rings. The summed E-state index contributed by atoms with van der Waals surface area (Å²) < 4.78 is 44.5. The van der Waals surface area contributed by atoms with Gasteiger partial charge >= 0.3 is 13.8 Å². The fourth-order valence-electron chi connectivity index (χ4n) is 3.38. The van der Waals surface area contributed by atoms with Gasteiger partial charge in [0.05, 0.1) is 43.2 Å². The van der Waals surface area contributed by atoms with E-state index in [1.807, 2.05) is 27.7 Å². The third kappa shape index (κ3) is 6.97. The summed E-state index contributed by atoms with van der Waals surface area (Å²) in [4.78, 5) is 24.9. The van der Waals surface area contributed by atoms with Crippen molar-refractivity contribution in [1.29, 1.82) is 0 Å². The van der Waals surface area contributed by atoms with Gasteiger partial charge in [0.2, 0.25) is 0 Å². The van der Waals surface area contributed by atoms with Crippen LogP contribution in [0.15, 0.2) is 0 Å². The normalized spacial score (nSPS) is 37.2. The van der Waals surface area contributed by atoms with Crippen molar-refractivity contribution in [3.63, 3.8) is 0 Å². The lowest BCUT2D eigenvalue weighted by Crippen LogP contribution is -2.43. The van der Waals surface area contributed by atoms with Gasteiger partial charge in [-0.05, 0) is 41.5 Å². The lowest BCUT2D eigenvalue weighted by molar-refractivity contribution is -0.233. The van der Waals surface area contributed by atoms with Crippen molar-refractivity contribution in [1.82, 2.24) is 0 Å². The maximum Gasteiger partial charge on any atom is 0.343 e. The highest BCUT2D eigenvalue weighted by Gasteiger charge is 2.46. The van der Waals surface area contributed by atoms with Gasteiger partial charge in [-0.3, -0.25) is 4.57 Å². The van der Waals surface area contributed by atoms with E-state index in [0.717, 1.165) is 0 Å². The molecule has 0 radical (unpaired) electrons. The standard InChI is InChI=1S/C18H34NO9P/c1-9(2)23-8-14-16(15(19)12(6)26-14)27-29(21,22)28-18(20)17-13(24-10(3)4)7-11(5)25-17/h9-17H,7-8,19H2,1-6H3,(H,21,22)/p-1/t11-,12-,13?,14+,15?,16?,17-/m0/s1. The summed E-state index contributed by atoms with van der Waals surface area (Å²) >= 11 is 0. The van der Waals surface area contributed by atoms with Gasteiger partial charge in [-0.2, -0.15) is 0 Å². The van der Waals surface area contributed by atoms with Crippen LogP contribution in [0.2, 0.25) is 0 Å². The molecule has 0 saturated carbocycles. The summed E-state index contributed by atoms with van der Waals surface area (Å²) in [6.45, 7) is 10.9. The fourth-order valence-corrected chi connectivity index (χ4v) is 4.32. The summed E-state index contributed by atoms with van der Waals surface area (Å²) in [6.07, 6.45) is -3.98. The van der Waals surface area contributed by atoms with E-state index in [4.69, 9.17) is 29.2 Å². The predicted octanol–water partition coefficient (Wildman–Crippen LogP) is 0.894. The van der Waals surface area contributed by atoms with Gasteiger partial charge < -0.3 is 38.6 Å². The van der Waals surface area contributed by atoms with Crippen molar-refractivity contribution in [2.75, 3.05) is 6.61 Å². The topological polar surface area (TPSA) is 139 Å². The molecule has 0 spiro atoms. The first kappa shape index (κ1) is 24.7. The molecule has 2 aliphatic heterocycles. The van der Waals surface area contributed by atoms with E-state index in [1.54, 1.807) is 13.8 Å². The molecule has 0 amide bonds. The van der Waals surface area contributed by atoms with Crippen LogP contribution in [0, 0.1) is 0 Å². The third-order valence-corrected chi connectivity index (χ3v) is 5.59. The molecule has 10 nitrogen and oxygen atoms in total. The SMILES string of the molecule is CC(C)OC[C@H]1O[C@@H](C)C(N)C1OP(=O)([O-])OC(=O)[C@H]1O[C@@H](C)CC1OC(C)C. The molecule has 2 rings (SSSR count). The maximum absolute atomic E-state index is 12.4. The highest BCUT2D eigenvalue weighted by Crippen LogP contribution is 2.44. The molecule has 11 heteroatoms. The minimum Gasteiger partial charge on any atom is -0.746 e. The number of carbonyl (C=O) groups is 1. The van der Waals surface area contributed by atoms with E-state index in [9.17, 15) is 14.3 Å². The van der Waals surface area contributed by atoms with Gasteiger partial charge in [-0.1, -0.05) is 0 Å². The molecule has 4 unspecified atom stereocenters. The molecular formula is C18H33NO9P-. The molecule has 2 saturated heterocycles. The number of nitrogens with two attached hydrogens (primary N) is 1. The third-order valence-electron chi connectivity index (χ3n) is 4.68. The Morgan fingerprint density at radius 2 is 1.86 bits per heavy atom. The Balaban J connectivity index is 2.01. The first-order valence-corrected chi connectivity index (χ1v) is 11.4. The van der Waals surface area contributed by atoms with E-state index in [2.05, 4.69) is 4.52 Å². The molecule has 29 heavy (non-hydrogen) atoms. The van der Waals surface area contributed by atoms with Crippen LogP contribution in [0.4, 0.5) is 0 Å². The van der Waals surface area contributed by atoms with Crippen molar-refractivity contribution < 1.29 is 42.2 Å². The predicted molar refractivity (Wildman–Crippen MR) is 101 cm³/mol. The minimum absolute atomic E-state index is 0.0809. The van der Waals surface area contributed by atoms with E-state index >= 15 is 0 Å². The van der Waals surface area contributed by atoms with Crippen molar-refractivity contribution in [3.8, 4) is 0 Å². The van der Waals surface area contributed by atoms with Crippen molar-refractivity contribution in [2.45, 2.75) is 103 Å². The number of hydrogen-bond donors (Lipinski definition) is 1. The van der Waals surface area contributed by atoms with E-state index < -0.39 is 50.4 Å². The number of ether oxygens (including phenoxy) is 4. The molecule has 170 valence electrons. The number of hydrogen-bond acceptors (Lipinski definition) is 10. The maximum atomic E-state index is 12.4. The average Bonchev–Trinajstić information content (AvgIpc) is 3.06. The Kier molecular flexibility index (Phi) is 8.64. The van der Waals surface area contributed by atoms with Crippen molar-refractivity contribution in [3.05, 3.63) is 0 Å². The number of carbonyl (C=O) groups excluding carboxylic acids is 1. The average molecular weight is 438 g/mol. The zero-order valence-electron chi connectivity index (χ0n) is 17.8. The van der Waals surface area contributed by atoms with Crippen molar-refractivity contribution in [2.24, 2.45) is 5.73 Å². The Hall–Kier alpha value is -0.580. The van der Waals surface area contributed by atoms with Gasteiger partial charge in [0, 0.05) is 6.42 Å². The summed E-state index contributed by atoms with van der Waals surface area (Å²) in [7, 11) is -5.03. The van der Waals surface area contributed by atoms with E-state index in [0.29, 0.717) is 6.42 Å². The summed E-state index contributed by atoms with van der Waals surface area (Å²) in [5.41, 5.74) is 6.02. The number of phosphoric ester groups is 1. The zero-order valence-corrected chi connectivity index (χ0v) is 18.7. The molecule has 0 aromatic rings. The smallest absolute Gasteiger partial charge is 0.343 e. The first-order chi connectivity index (χ1) is 13.4. The van der Waals surface area contributed by atoms with Crippen LogP contribution in [-0.4, -0.2) is 67.4 Å². The van der Waals surface area contributed by atoms with Crippen LogP contribution < -0.4 is 10.6 Å². The van der Waals surface area contributed by atoms with Gasteiger partial charge in [0.1, 0.15) is 12.2 Å². The van der Waals surface area contributed by atoms with Gasteiger partial charge in [0.15, 0.2) is 6.10 Å². The van der Waals surface area contributed by atoms with Gasteiger partial charge in [-0.25, -0.2) is 4.79 Å². The molecule has 0 aliphatic carbocycles. The Bertz CT molecular complexity index is 602. The molecule has 8 atom stereocenters. The van der Waals surface area contributed by atoms with Crippen molar-refractivity contribution >= 4 is 13.8 Å².